The van der Waals surface area contributed by atoms with Gasteiger partial charge in [0.2, 0.25) is 5.78 Å². The first-order chi connectivity index (χ1) is 11.7. The van der Waals surface area contributed by atoms with Gasteiger partial charge in [0.1, 0.15) is 12.4 Å². The fourth-order valence-electron chi connectivity index (χ4n) is 2.58. The van der Waals surface area contributed by atoms with Gasteiger partial charge in [-0.05, 0) is 18.1 Å². The van der Waals surface area contributed by atoms with E-state index in [-0.39, 0.29) is 24.7 Å². The molecule has 1 aromatic carbocycles. The highest BCUT2D eigenvalue weighted by Gasteiger charge is 2.19. The van der Waals surface area contributed by atoms with E-state index in [1.54, 1.807) is 13.3 Å². The van der Waals surface area contributed by atoms with Crippen molar-refractivity contribution >= 4 is 23.9 Å². The third-order valence-electron chi connectivity index (χ3n) is 3.63. The Balaban J connectivity index is 1.79. The first-order valence-corrected chi connectivity index (χ1v) is 7.74. The molecule has 0 atom stereocenters. The number of hydrogen-bond donors (Lipinski definition) is 1. The highest BCUT2D eigenvalue weighted by Crippen LogP contribution is 2.19. The molecule has 7 heteroatoms. The van der Waals surface area contributed by atoms with Crippen LogP contribution >= 0.6 is 0 Å². The quantitative estimate of drug-likeness (QED) is 0.845. The molecule has 0 amide bonds. The molecule has 24 heavy (non-hydrogen) atoms. The van der Waals surface area contributed by atoms with Crippen LogP contribution in [0.3, 0.4) is 0 Å². The number of Topliss-reactive ketones (excluding diaryl/α,β-unsaturated/α-hetero) is 1. The molecule has 2 heterocycles. The maximum atomic E-state index is 11.9. The van der Waals surface area contributed by atoms with Gasteiger partial charge in [0.25, 0.3) is 0 Å². The summed E-state index contributed by atoms with van der Waals surface area (Å²) >= 11 is 0. The zero-order chi connectivity index (χ0) is 16.9. The number of aliphatic imine (C=N–C) groups is 1. The van der Waals surface area contributed by atoms with Crippen molar-refractivity contribution in [2.75, 3.05) is 18.5 Å². The summed E-state index contributed by atoms with van der Waals surface area (Å²) in [6, 6.07) is 7.71. The molecule has 1 aliphatic rings. The number of nitrogens with one attached hydrogen (secondary N) is 1. The smallest absolute Gasteiger partial charge is 0.310 e. The molecule has 1 aliphatic heterocycles. The van der Waals surface area contributed by atoms with Gasteiger partial charge in [-0.15, -0.1) is 0 Å². The van der Waals surface area contributed by atoms with Gasteiger partial charge in [-0.1, -0.05) is 24.3 Å². The minimum absolute atomic E-state index is 0.103. The number of ketones is 1. The zero-order valence-corrected chi connectivity index (χ0v) is 13.4. The Kier molecular flexibility index (Phi) is 4.69. The van der Waals surface area contributed by atoms with E-state index in [4.69, 9.17) is 4.74 Å². The molecule has 1 aromatic heterocycles. The van der Waals surface area contributed by atoms with Gasteiger partial charge in [0.15, 0.2) is 5.69 Å². The van der Waals surface area contributed by atoms with Crippen molar-refractivity contribution in [3.63, 3.8) is 0 Å². The lowest BCUT2D eigenvalue weighted by Gasteiger charge is -2.09. The molecule has 0 bridgehead atoms. The summed E-state index contributed by atoms with van der Waals surface area (Å²) in [4.78, 5) is 31.7. The standard InChI is InChI=1S/C17H18N4O3/c1-2-24-15(23)7-12-4-3-5-13(6-12)9-21-11-20-16-14(22)8-18-10-19-17(16)21/h3-6,10-11H,2,7-9H2,1H3,(H,18,19). The number of hydrogen-bond acceptors (Lipinski definition) is 6. The average molecular weight is 326 g/mol. The van der Waals surface area contributed by atoms with Crippen LogP contribution in [0.5, 0.6) is 0 Å². The molecule has 0 saturated carbocycles. The first kappa shape index (κ1) is 15.9. The van der Waals surface area contributed by atoms with Gasteiger partial charge in [0, 0.05) is 0 Å². The summed E-state index contributed by atoms with van der Waals surface area (Å²) in [5.74, 6) is 0.285. The van der Waals surface area contributed by atoms with E-state index >= 15 is 0 Å². The number of rotatable bonds is 5. The summed E-state index contributed by atoms with van der Waals surface area (Å²) in [5, 5.41) is 3.00. The maximum absolute atomic E-state index is 11.9. The van der Waals surface area contributed by atoms with E-state index in [1.165, 1.54) is 6.34 Å². The Bertz CT molecular complexity index is 795. The highest BCUT2D eigenvalue weighted by molar-refractivity contribution is 6.04. The lowest BCUT2D eigenvalue weighted by Crippen LogP contribution is -2.09. The molecule has 0 aliphatic carbocycles. The van der Waals surface area contributed by atoms with E-state index in [0.717, 1.165) is 11.1 Å². The van der Waals surface area contributed by atoms with Crippen LogP contribution in [0.25, 0.3) is 0 Å². The van der Waals surface area contributed by atoms with Gasteiger partial charge in [-0.3, -0.25) is 14.6 Å². The number of aromatic nitrogens is 2. The number of imidazole rings is 1. The van der Waals surface area contributed by atoms with Crippen LogP contribution < -0.4 is 5.32 Å². The van der Waals surface area contributed by atoms with E-state index in [9.17, 15) is 9.59 Å². The van der Waals surface area contributed by atoms with Crippen LogP contribution in [0.1, 0.15) is 28.5 Å². The predicted molar refractivity (Wildman–Crippen MR) is 89.4 cm³/mol. The molecule has 0 unspecified atom stereocenters. The van der Waals surface area contributed by atoms with Gasteiger partial charge in [0.05, 0.1) is 32.2 Å². The lowest BCUT2D eigenvalue weighted by atomic mass is 10.1. The number of carbonyl (C=O) groups is 2. The Morgan fingerprint density at radius 3 is 3.04 bits per heavy atom. The molecule has 0 radical (unpaired) electrons. The zero-order valence-electron chi connectivity index (χ0n) is 13.4. The molecule has 0 saturated heterocycles. The number of ether oxygens (including phenoxy) is 1. The second-order valence-electron chi connectivity index (χ2n) is 5.41. The van der Waals surface area contributed by atoms with Crippen LogP contribution in [-0.2, 0) is 22.5 Å². The molecule has 1 N–H and O–H groups in total. The van der Waals surface area contributed by atoms with E-state index in [1.807, 2.05) is 28.8 Å². The van der Waals surface area contributed by atoms with Crippen molar-refractivity contribution in [2.24, 2.45) is 4.99 Å². The second kappa shape index (κ2) is 7.08. The summed E-state index contributed by atoms with van der Waals surface area (Å²) in [7, 11) is 0. The second-order valence-corrected chi connectivity index (χ2v) is 5.41. The Labute approximate surface area is 139 Å². The largest absolute Gasteiger partial charge is 0.466 e. The van der Waals surface area contributed by atoms with Crippen LogP contribution in [0.2, 0.25) is 0 Å². The summed E-state index contributed by atoms with van der Waals surface area (Å²) in [6.45, 7) is 2.80. The van der Waals surface area contributed by atoms with Crippen molar-refractivity contribution in [3.8, 4) is 0 Å². The molecule has 124 valence electrons. The van der Waals surface area contributed by atoms with E-state index in [0.29, 0.717) is 24.7 Å². The van der Waals surface area contributed by atoms with Gasteiger partial charge >= 0.3 is 5.97 Å². The summed E-state index contributed by atoms with van der Waals surface area (Å²) < 4.78 is 6.83. The Hall–Kier alpha value is -2.96. The van der Waals surface area contributed by atoms with Crippen LogP contribution in [0.15, 0.2) is 35.6 Å². The molecular formula is C17H18N4O3. The number of esters is 1. The third-order valence-corrected chi connectivity index (χ3v) is 3.63. The van der Waals surface area contributed by atoms with Crippen molar-refractivity contribution in [3.05, 3.63) is 47.4 Å². The SMILES string of the molecule is CCOC(=O)Cc1cccc(Cn2cnc3c2NC=NCC3=O)c1. The predicted octanol–water partition coefficient (Wildman–Crippen LogP) is 1.67. The topological polar surface area (TPSA) is 85.6 Å². The Morgan fingerprint density at radius 1 is 1.38 bits per heavy atom. The summed E-state index contributed by atoms with van der Waals surface area (Å²) in [6.07, 6.45) is 3.39. The van der Waals surface area contributed by atoms with Crippen LogP contribution in [0, 0.1) is 0 Å². The molecule has 7 nitrogen and oxygen atoms in total. The minimum atomic E-state index is -0.241. The molecule has 2 aromatic rings. The van der Waals surface area contributed by atoms with Crippen molar-refractivity contribution in [2.45, 2.75) is 19.9 Å². The monoisotopic (exact) mass is 326 g/mol. The van der Waals surface area contributed by atoms with Gasteiger partial charge in [-0.25, -0.2) is 4.98 Å². The third kappa shape index (κ3) is 3.51. The summed E-state index contributed by atoms with van der Waals surface area (Å²) in [5.41, 5.74) is 2.30. The van der Waals surface area contributed by atoms with E-state index in [2.05, 4.69) is 15.3 Å². The minimum Gasteiger partial charge on any atom is -0.466 e. The lowest BCUT2D eigenvalue weighted by molar-refractivity contribution is -0.142. The fraction of sp³-hybridized carbons (Fsp3) is 0.294. The fourth-order valence-corrected chi connectivity index (χ4v) is 2.58. The number of carbonyl (C=O) groups excluding carboxylic acids is 2. The van der Waals surface area contributed by atoms with Crippen molar-refractivity contribution in [1.29, 1.82) is 0 Å². The number of fused-ring (bicyclic) bond motifs is 1. The van der Waals surface area contributed by atoms with E-state index < -0.39 is 0 Å². The van der Waals surface area contributed by atoms with Gasteiger partial charge in [-0.2, -0.15) is 0 Å². The maximum Gasteiger partial charge on any atom is 0.310 e. The van der Waals surface area contributed by atoms with Crippen molar-refractivity contribution in [1.82, 2.24) is 9.55 Å². The van der Waals surface area contributed by atoms with Crippen LogP contribution in [-0.4, -0.2) is 40.8 Å². The first-order valence-electron chi connectivity index (χ1n) is 7.74. The molecule has 0 fully saturated rings. The number of anilines is 1. The normalized spacial score (nSPS) is 13.1. The van der Waals surface area contributed by atoms with Gasteiger partial charge < -0.3 is 14.6 Å². The number of nitrogens with zero attached hydrogens (tertiary/aromatic N) is 3. The van der Waals surface area contributed by atoms with Crippen LogP contribution in [0.4, 0.5) is 5.82 Å². The molecule has 3 rings (SSSR count). The average Bonchev–Trinajstić information content (AvgIpc) is 2.85. The molecular weight excluding hydrogens is 308 g/mol. The number of benzene rings is 1. The highest BCUT2D eigenvalue weighted by atomic mass is 16.5. The van der Waals surface area contributed by atoms with Crippen molar-refractivity contribution < 1.29 is 14.3 Å². The Morgan fingerprint density at radius 2 is 2.21 bits per heavy atom. The molecule has 0 spiro atoms.